The van der Waals surface area contributed by atoms with Crippen LogP contribution < -0.4 is 5.73 Å². The number of aromatic nitrogens is 2. The van der Waals surface area contributed by atoms with Crippen LogP contribution in [0.5, 0.6) is 0 Å². The molecule has 0 saturated heterocycles. The van der Waals surface area contributed by atoms with Crippen molar-refractivity contribution in [1.29, 1.82) is 0 Å². The predicted octanol–water partition coefficient (Wildman–Crippen LogP) is 0.912. The quantitative estimate of drug-likeness (QED) is 0.764. The van der Waals surface area contributed by atoms with Gasteiger partial charge in [0.15, 0.2) is 5.89 Å². The third-order valence-corrected chi connectivity index (χ3v) is 2.22. The van der Waals surface area contributed by atoms with Crippen LogP contribution in [0.4, 0.5) is 0 Å². The normalized spacial score (nSPS) is 15.5. The average Bonchev–Trinajstić information content (AvgIpc) is 2.55. The second kappa shape index (κ2) is 3.60. The maximum Gasteiger partial charge on any atom is 0.246 e. The molecular weight excluding hydrogens is 194 g/mol. The molecule has 0 spiro atoms. The first-order valence-corrected chi connectivity index (χ1v) is 4.74. The summed E-state index contributed by atoms with van der Waals surface area (Å²) in [6, 6.07) is 1.41. The van der Waals surface area contributed by atoms with Crippen molar-refractivity contribution in [3.63, 3.8) is 0 Å². The van der Waals surface area contributed by atoms with Gasteiger partial charge in [-0.25, -0.2) is 9.97 Å². The van der Waals surface area contributed by atoms with Gasteiger partial charge in [0.05, 0.1) is 6.10 Å². The Labute approximate surface area is 86.9 Å². The highest BCUT2D eigenvalue weighted by atomic mass is 16.4. The van der Waals surface area contributed by atoms with E-state index in [9.17, 15) is 5.11 Å². The Bertz CT molecular complexity index is 478. The first-order chi connectivity index (χ1) is 7.08. The Morgan fingerprint density at radius 3 is 2.93 bits per heavy atom. The van der Waals surface area contributed by atoms with Gasteiger partial charge in [0.1, 0.15) is 5.52 Å². The van der Waals surface area contributed by atoms with E-state index >= 15 is 0 Å². The summed E-state index contributed by atoms with van der Waals surface area (Å²) in [5.41, 5.74) is 7.38. The minimum absolute atomic E-state index is 0.336. The molecule has 0 bridgehead atoms. The molecule has 0 aliphatic rings. The highest BCUT2D eigenvalue weighted by molar-refractivity contribution is 5.68. The Morgan fingerprint density at radius 1 is 1.53 bits per heavy atom. The Hall–Kier alpha value is -1.46. The van der Waals surface area contributed by atoms with Crippen molar-refractivity contribution in [2.45, 2.75) is 26.0 Å². The molecule has 2 heterocycles. The zero-order valence-electron chi connectivity index (χ0n) is 8.64. The molecule has 80 valence electrons. The molecule has 2 rings (SSSR count). The van der Waals surface area contributed by atoms with Crippen LogP contribution in [0, 0.1) is 6.92 Å². The third kappa shape index (κ3) is 1.84. The van der Waals surface area contributed by atoms with Gasteiger partial charge < -0.3 is 15.3 Å². The molecule has 0 amide bonds. The number of hydrogen-bond donors (Lipinski definition) is 2. The SMILES string of the molecule is Cc1nc2cc(C(O)C(C)N)cnc2o1. The van der Waals surface area contributed by atoms with Crippen LogP contribution in [-0.4, -0.2) is 21.1 Å². The van der Waals surface area contributed by atoms with E-state index in [1.54, 1.807) is 26.1 Å². The van der Waals surface area contributed by atoms with Gasteiger partial charge in [-0.15, -0.1) is 0 Å². The smallest absolute Gasteiger partial charge is 0.246 e. The minimum Gasteiger partial charge on any atom is -0.423 e. The van der Waals surface area contributed by atoms with E-state index in [1.165, 1.54) is 0 Å². The van der Waals surface area contributed by atoms with E-state index in [-0.39, 0.29) is 6.04 Å². The van der Waals surface area contributed by atoms with E-state index in [1.807, 2.05) is 0 Å². The summed E-state index contributed by atoms with van der Waals surface area (Å²) < 4.78 is 5.23. The predicted molar refractivity (Wildman–Crippen MR) is 55.2 cm³/mol. The summed E-state index contributed by atoms with van der Waals surface area (Å²) in [6.45, 7) is 3.49. The van der Waals surface area contributed by atoms with Crippen molar-refractivity contribution in [3.05, 3.63) is 23.7 Å². The Kier molecular flexibility index (Phi) is 2.42. The van der Waals surface area contributed by atoms with Crippen molar-refractivity contribution in [3.8, 4) is 0 Å². The van der Waals surface area contributed by atoms with Gasteiger partial charge >= 0.3 is 0 Å². The monoisotopic (exact) mass is 207 g/mol. The van der Waals surface area contributed by atoms with Crippen LogP contribution in [0.15, 0.2) is 16.7 Å². The van der Waals surface area contributed by atoms with Crippen LogP contribution in [-0.2, 0) is 0 Å². The van der Waals surface area contributed by atoms with Crippen LogP contribution in [0.25, 0.3) is 11.2 Å². The number of aliphatic hydroxyl groups is 1. The molecule has 2 atom stereocenters. The lowest BCUT2D eigenvalue weighted by Gasteiger charge is -2.13. The number of pyridine rings is 1. The Morgan fingerprint density at radius 2 is 2.27 bits per heavy atom. The molecule has 0 aromatic carbocycles. The number of hydrogen-bond acceptors (Lipinski definition) is 5. The summed E-state index contributed by atoms with van der Waals surface area (Å²) in [7, 11) is 0. The number of fused-ring (bicyclic) bond motifs is 1. The lowest BCUT2D eigenvalue weighted by molar-refractivity contribution is 0.153. The number of oxazole rings is 1. The first kappa shape index (κ1) is 10.1. The van der Waals surface area contributed by atoms with Crippen LogP contribution >= 0.6 is 0 Å². The van der Waals surface area contributed by atoms with E-state index in [0.29, 0.717) is 22.7 Å². The van der Waals surface area contributed by atoms with Crippen LogP contribution in [0.2, 0.25) is 0 Å². The lowest BCUT2D eigenvalue weighted by Crippen LogP contribution is -2.24. The second-order valence-electron chi connectivity index (χ2n) is 3.63. The fourth-order valence-electron chi connectivity index (χ4n) is 1.41. The highest BCUT2D eigenvalue weighted by Gasteiger charge is 2.14. The lowest BCUT2D eigenvalue weighted by atomic mass is 10.1. The van der Waals surface area contributed by atoms with Gasteiger partial charge in [-0.1, -0.05) is 0 Å². The van der Waals surface area contributed by atoms with Crippen molar-refractivity contribution in [2.24, 2.45) is 5.73 Å². The fraction of sp³-hybridized carbons (Fsp3) is 0.400. The summed E-state index contributed by atoms with van der Waals surface area (Å²) in [5.74, 6) is 0.560. The zero-order chi connectivity index (χ0) is 11.0. The minimum atomic E-state index is -0.723. The summed E-state index contributed by atoms with van der Waals surface area (Å²) in [6.07, 6.45) is 0.833. The number of rotatable bonds is 2. The van der Waals surface area contributed by atoms with Gasteiger partial charge in [0, 0.05) is 24.7 Å². The first-order valence-electron chi connectivity index (χ1n) is 4.74. The van der Waals surface area contributed by atoms with Crippen molar-refractivity contribution < 1.29 is 9.52 Å². The summed E-state index contributed by atoms with van der Waals surface area (Å²) in [4.78, 5) is 8.20. The van der Waals surface area contributed by atoms with Gasteiger partial charge in [-0.05, 0) is 13.0 Å². The van der Waals surface area contributed by atoms with Crippen molar-refractivity contribution >= 4 is 11.2 Å². The molecular formula is C10H13N3O2. The number of aryl methyl sites for hydroxylation is 1. The molecule has 0 saturated carbocycles. The molecule has 0 radical (unpaired) electrons. The fourth-order valence-corrected chi connectivity index (χ4v) is 1.41. The number of aliphatic hydroxyl groups excluding tert-OH is 1. The molecule has 2 aromatic heterocycles. The van der Waals surface area contributed by atoms with Crippen LogP contribution in [0.1, 0.15) is 24.5 Å². The molecule has 0 aliphatic heterocycles. The molecule has 0 fully saturated rings. The van der Waals surface area contributed by atoms with Gasteiger partial charge in [0.25, 0.3) is 0 Å². The second-order valence-corrected chi connectivity index (χ2v) is 3.63. The standard InChI is InChI=1S/C10H13N3O2/c1-5(11)9(14)7-3-8-10(12-4-7)15-6(2)13-8/h3-5,9,14H,11H2,1-2H3. The number of nitrogens with two attached hydrogens (primary N) is 1. The van der Waals surface area contributed by atoms with E-state index in [2.05, 4.69) is 9.97 Å². The number of nitrogens with zero attached hydrogens (tertiary/aromatic N) is 2. The maximum absolute atomic E-state index is 9.74. The van der Waals surface area contributed by atoms with Gasteiger partial charge in [-0.2, -0.15) is 0 Å². The molecule has 0 aliphatic carbocycles. The van der Waals surface area contributed by atoms with E-state index in [4.69, 9.17) is 10.2 Å². The molecule has 15 heavy (non-hydrogen) atoms. The Balaban J connectivity index is 2.46. The highest BCUT2D eigenvalue weighted by Crippen LogP contribution is 2.19. The van der Waals surface area contributed by atoms with Crippen LogP contribution in [0.3, 0.4) is 0 Å². The van der Waals surface area contributed by atoms with Gasteiger partial charge in [-0.3, -0.25) is 0 Å². The average molecular weight is 207 g/mol. The molecule has 3 N–H and O–H groups in total. The molecule has 2 unspecified atom stereocenters. The van der Waals surface area contributed by atoms with Gasteiger partial charge in [0.2, 0.25) is 5.71 Å². The molecule has 5 heteroatoms. The molecule has 5 nitrogen and oxygen atoms in total. The zero-order valence-corrected chi connectivity index (χ0v) is 8.64. The van der Waals surface area contributed by atoms with E-state index in [0.717, 1.165) is 0 Å². The molecule has 2 aromatic rings. The summed E-state index contributed by atoms with van der Waals surface area (Å²) >= 11 is 0. The van der Waals surface area contributed by atoms with Crippen molar-refractivity contribution in [2.75, 3.05) is 0 Å². The largest absolute Gasteiger partial charge is 0.423 e. The third-order valence-electron chi connectivity index (χ3n) is 2.22. The van der Waals surface area contributed by atoms with Crippen molar-refractivity contribution in [1.82, 2.24) is 9.97 Å². The topological polar surface area (TPSA) is 85.2 Å². The maximum atomic E-state index is 9.74. The van der Waals surface area contributed by atoms with E-state index < -0.39 is 6.10 Å². The summed E-state index contributed by atoms with van der Waals surface area (Å²) in [5, 5.41) is 9.74.